The minimum Gasteiger partial charge on any atom is -0.311 e. The van der Waals surface area contributed by atoms with Crippen LogP contribution in [0.5, 0.6) is 0 Å². The molecule has 1 saturated carbocycles. The number of piperazine rings is 1. The van der Waals surface area contributed by atoms with E-state index in [0.717, 1.165) is 12.5 Å². The first-order valence-corrected chi connectivity index (χ1v) is 9.26. The predicted octanol–water partition coefficient (Wildman–Crippen LogP) is 4.21. The Morgan fingerprint density at radius 2 is 1.91 bits per heavy atom. The highest BCUT2D eigenvalue weighted by Gasteiger charge is 2.42. The summed E-state index contributed by atoms with van der Waals surface area (Å²) in [7, 11) is 0. The molecule has 0 bridgehead atoms. The summed E-state index contributed by atoms with van der Waals surface area (Å²) in [6.07, 6.45) is 8.25. The van der Waals surface area contributed by atoms with Crippen molar-refractivity contribution >= 4 is 0 Å². The van der Waals surface area contributed by atoms with Crippen LogP contribution < -0.4 is 5.32 Å². The van der Waals surface area contributed by atoms with Crippen LogP contribution in [0.25, 0.3) is 0 Å². The van der Waals surface area contributed by atoms with Crippen molar-refractivity contribution in [3.05, 3.63) is 35.9 Å². The molecule has 1 spiro atoms. The maximum Gasteiger partial charge on any atom is 0.0338 e. The van der Waals surface area contributed by atoms with Gasteiger partial charge in [0.25, 0.3) is 0 Å². The average Bonchev–Trinajstić information content (AvgIpc) is 2.58. The molecule has 1 N–H and O–H groups in total. The minimum absolute atomic E-state index is 0.415. The topological polar surface area (TPSA) is 15.3 Å². The second-order valence-electron chi connectivity index (χ2n) is 7.52. The fourth-order valence-corrected chi connectivity index (χ4v) is 4.33. The molecule has 2 atom stereocenters. The van der Waals surface area contributed by atoms with Crippen LogP contribution in [0.2, 0.25) is 0 Å². The Morgan fingerprint density at radius 3 is 2.59 bits per heavy atom. The Kier molecular flexibility index (Phi) is 5.20. The maximum atomic E-state index is 3.90. The molecule has 122 valence electrons. The Hall–Kier alpha value is -0.860. The molecule has 0 amide bonds. The zero-order valence-corrected chi connectivity index (χ0v) is 14.4. The van der Waals surface area contributed by atoms with E-state index in [-0.39, 0.29) is 0 Å². The zero-order valence-electron chi connectivity index (χ0n) is 14.4. The van der Waals surface area contributed by atoms with Gasteiger partial charge in [0.2, 0.25) is 0 Å². The zero-order chi connectivity index (χ0) is 15.4. The Bertz CT molecular complexity index is 450. The Balaban J connectivity index is 1.77. The minimum atomic E-state index is 0.415. The fraction of sp³-hybridized carbons (Fsp3) is 0.700. The first-order valence-electron chi connectivity index (χ1n) is 9.26. The van der Waals surface area contributed by atoms with Crippen molar-refractivity contribution in [2.45, 2.75) is 70.5 Å². The average molecular weight is 300 g/mol. The third-order valence-electron chi connectivity index (χ3n) is 6.11. The molecule has 3 rings (SSSR count). The van der Waals surface area contributed by atoms with E-state index in [1.807, 2.05) is 0 Å². The lowest BCUT2D eigenvalue weighted by Gasteiger charge is -2.53. The molecule has 1 aromatic rings. The van der Waals surface area contributed by atoms with Gasteiger partial charge in [0.05, 0.1) is 0 Å². The highest BCUT2D eigenvalue weighted by molar-refractivity contribution is 5.16. The van der Waals surface area contributed by atoms with E-state index in [0.29, 0.717) is 11.6 Å². The quantitative estimate of drug-likeness (QED) is 0.896. The van der Waals surface area contributed by atoms with E-state index in [4.69, 9.17) is 0 Å². The van der Waals surface area contributed by atoms with Crippen molar-refractivity contribution in [1.82, 2.24) is 10.2 Å². The third kappa shape index (κ3) is 3.38. The van der Waals surface area contributed by atoms with E-state index < -0.39 is 0 Å². The van der Waals surface area contributed by atoms with Gasteiger partial charge in [0.1, 0.15) is 0 Å². The van der Waals surface area contributed by atoms with E-state index >= 15 is 0 Å². The normalized spacial score (nSPS) is 26.9. The van der Waals surface area contributed by atoms with Gasteiger partial charge in [-0.15, -0.1) is 0 Å². The van der Waals surface area contributed by atoms with E-state index in [2.05, 4.69) is 54.4 Å². The van der Waals surface area contributed by atoms with Crippen LogP contribution in [0.15, 0.2) is 30.3 Å². The molecule has 1 aliphatic heterocycles. The molecule has 2 unspecified atom stereocenters. The molecule has 2 heteroatoms. The van der Waals surface area contributed by atoms with E-state index in [1.165, 1.54) is 57.2 Å². The van der Waals surface area contributed by atoms with Gasteiger partial charge in [0.15, 0.2) is 0 Å². The van der Waals surface area contributed by atoms with Crippen molar-refractivity contribution in [3.63, 3.8) is 0 Å². The number of nitrogens with one attached hydrogen (secondary N) is 1. The van der Waals surface area contributed by atoms with Crippen LogP contribution in [-0.2, 0) is 6.54 Å². The van der Waals surface area contributed by atoms with Crippen LogP contribution >= 0.6 is 0 Å². The molecule has 22 heavy (non-hydrogen) atoms. The predicted molar refractivity (Wildman–Crippen MR) is 93.9 cm³/mol. The van der Waals surface area contributed by atoms with Gasteiger partial charge in [-0.3, -0.25) is 4.90 Å². The molecule has 1 aliphatic carbocycles. The number of rotatable bonds is 4. The van der Waals surface area contributed by atoms with Crippen molar-refractivity contribution in [3.8, 4) is 0 Å². The van der Waals surface area contributed by atoms with Crippen molar-refractivity contribution < 1.29 is 0 Å². The summed E-state index contributed by atoms with van der Waals surface area (Å²) >= 11 is 0. The SMILES string of the molecule is CCC(C)C1CN(Cc2ccccc2)C2(CCCCC2)CN1. The smallest absolute Gasteiger partial charge is 0.0338 e. The standard InChI is InChI=1S/C20H32N2/c1-3-17(2)19-15-22(14-18-10-6-4-7-11-18)20(16-21-19)12-8-5-9-13-20/h4,6-7,10-11,17,19,21H,3,5,8-9,12-16H2,1-2H3. The molecular weight excluding hydrogens is 268 g/mol. The van der Waals surface area contributed by atoms with Gasteiger partial charge in [-0.2, -0.15) is 0 Å². The molecule has 1 aromatic carbocycles. The number of hydrogen-bond acceptors (Lipinski definition) is 2. The molecule has 1 saturated heterocycles. The van der Waals surface area contributed by atoms with Gasteiger partial charge in [-0.1, -0.05) is 69.9 Å². The third-order valence-corrected chi connectivity index (χ3v) is 6.11. The fourth-order valence-electron chi connectivity index (χ4n) is 4.33. The lowest BCUT2D eigenvalue weighted by molar-refractivity contribution is -0.00585. The summed E-state index contributed by atoms with van der Waals surface area (Å²) in [6, 6.07) is 11.7. The highest BCUT2D eigenvalue weighted by atomic mass is 15.3. The second-order valence-corrected chi connectivity index (χ2v) is 7.52. The summed E-state index contributed by atoms with van der Waals surface area (Å²) in [4.78, 5) is 2.83. The van der Waals surface area contributed by atoms with Gasteiger partial charge in [0, 0.05) is 31.2 Å². The molecule has 0 radical (unpaired) electrons. The second kappa shape index (κ2) is 7.14. The summed E-state index contributed by atoms with van der Waals surface area (Å²) < 4.78 is 0. The van der Waals surface area contributed by atoms with Crippen molar-refractivity contribution in [2.24, 2.45) is 5.92 Å². The van der Waals surface area contributed by atoms with Crippen LogP contribution in [0, 0.1) is 5.92 Å². The largest absolute Gasteiger partial charge is 0.311 e. The summed E-state index contributed by atoms with van der Waals surface area (Å²) in [6.45, 7) is 8.24. The number of benzene rings is 1. The highest BCUT2D eigenvalue weighted by Crippen LogP contribution is 2.37. The van der Waals surface area contributed by atoms with E-state index in [1.54, 1.807) is 0 Å². The molecule has 2 nitrogen and oxygen atoms in total. The van der Waals surface area contributed by atoms with Crippen LogP contribution in [0.3, 0.4) is 0 Å². The van der Waals surface area contributed by atoms with Gasteiger partial charge in [-0.25, -0.2) is 0 Å². The van der Waals surface area contributed by atoms with E-state index in [9.17, 15) is 0 Å². The summed E-state index contributed by atoms with van der Waals surface area (Å²) in [5, 5.41) is 3.90. The Morgan fingerprint density at radius 1 is 1.18 bits per heavy atom. The maximum absolute atomic E-state index is 3.90. The summed E-state index contributed by atoms with van der Waals surface area (Å²) in [5.74, 6) is 0.763. The van der Waals surface area contributed by atoms with Gasteiger partial charge in [-0.05, 0) is 24.3 Å². The summed E-state index contributed by atoms with van der Waals surface area (Å²) in [5.41, 5.74) is 1.88. The van der Waals surface area contributed by atoms with Gasteiger partial charge >= 0.3 is 0 Å². The van der Waals surface area contributed by atoms with Crippen LogP contribution in [0.4, 0.5) is 0 Å². The monoisotopic (exact) mass is 300 g/mol. The molecule has 1 heterocycles. The molecule has 0 aromatic heterocycles. The van der Waals surface area contributed by atoms with Crippen molar-refractivity contribution in [2.75, 3.05) is 13.1 Å². The van der Waals surface area contributed by atoms with Crippen LogP contribution in [-0.4, -0.2) is 29.6 Å². The number of nitrogens with zero attached hydrogens (tertiary/aromatic N) is 1. The lowest BCUT2D eigenvalue weighted by Crippen LogP contribution is -2.65. The number of hydrogen-bond donors (Lipinski definition) is 1. The molecule has 2 fully saturated rings. The molecular formula is C20H32N2. The lowest BCUT2D eigenvalue weighted by atomic mass is 9.77. The van der Waals surface area contributed by atoms with Crippen molar-refractivity contribution in [1.29, 1.82) is 0 Å². The first-order chi connectivity index (χ1) is 10.7. The first kappa shape index (κ1) is 16.0. The molecule has 2 aliphatic rings. The van der Waals surface area contributed by atoms with Crippen LogP contribution in [0.1, 0.15) is 57.9 Å². The Labute approximate surface area is 136 Å². The van der Waals surface area contributed by atoms with Gasteiger partial charge < -0.3 is 5.32 Å².